The van der Waals surface area contributed by atoms with Gasteiger partial charge < -0.3 is 14.6 Å². The first-order valence-electron chi connectivity index (χ1n) is 9.41. The van der Waals surface area contributed by atoms with Crippen molar-refractivity contribution < 1.29 is 24.2 Å². The lowest BCUT2D eigenvalue weighted by molar-refractivity contribution is 0.0521. The number of Topliss-reactive ketones (excluding diaryl/α,β-unsaturated/α-hetero) is 1. The second kappa shape index (κ2) is 10.5. The number of phenolic OH excluding ortho intramolecular Hbond substituents is 1. The summed E-state index contributed by atoms with van der Waals surface area (Å²) >= 11 is 12.1. The molecule has 0 aliphatic heterocycles. The van der Waals surface area contributed by atoms with E-state index in [4.69, 9.17) is 32.7 Å². The first-order valence-corrected chi connectivity index (χ1v) is 10.2. The molecule has 0 amide bonds. The summed E-state index contributed by atoms with van der Waals surface area (Å²) in [6.07, 6.45) is 0.917. The fourth-order valence-corrected chi connectivity index (χ4v) is 3.64. The van der Waals surface area contributed by atoms with Crippen LogP contribution in [0.3, 0.4) is 0 Å². The molecule has 0 saturated carbocycles. The van der Waals surface area contributed by atoms with Gasteiger partial charge in [0.2, 0.25) is 0 Å². The second-order valence-corrected chi connectivity index (χ2v) is 7.68. The third kappa shape index (κ3) is 5.55. The largest absolute Gasteiger partial charge is 0.507 e. The number of phenols is 1. The Hall–Kier alpha value is -2.50. The van der Waals surface area contributed by atoms with E-state index >= 15 is 0 Å². The monoisotopic (exact) mass is 450 g/mol. The van der Waals surface area contributed by atoms with Gasteiger partial charge in [-0.2, -0.15) is 0 Å². The molecule has 2 aromatic rings. The number of halogens is 2. The number of aromatic hydroxyl groups is 1. The number of hydrogen-bond acceptors (Lipinski definition) is 5. The molecule has 7 heteroatoms. The van der Waals surface area contributed by atoms with Crippen LogP contribution in [0.2, 0.25) is 10.0 Å². The van der Waals surface area contributed by atoms with E-state index in [0.717, 1.165) is 5.57 Å². The quantitative estimate of drug-likeness (QED) is 0.296. The van der Waals surface area contributed by atoms with Gasteiger partial charge in [0.25, 0.3) is 0 Å². The molecule has 0 fully saturated rings. The van der Waals surface area contributed by atoms with Crippen molar-refractivity contribution in [2.24, 2.45) is 0 Å². The van der Waals surface area contributed by atoms with Crippen LogP contribution in [0.15, 0.2) is 36.4 Å². The molecular formula is C23H24Cl2O5. The highest BCUT2D eigenvalue weighted by Gasteiger charge is 2.26. The lowest BCUT2D eigenvalue weighted by Gasteiger charge is -2.19. The predicted octanol–water partition coefficient (Wildman–Crippen LogP) is 5.82. The van der Waals surface area contributed by atoms with Crippen LogP contribution >= 0.6 is 23.2 Å². The zero-order valence-electron chi connectivity index (χ0n) is 17.2. The molecule has 0 aliphatic carbocycles. The molecule has 2 rings (SSSR count). The van der Waals surface area contributed by atoms with Gasteiger partial charge in [-0.15, -0.1) is 6.58 Å². The summed E-state index contributed by atoms with van der Waals surface area (Å²) < 4.78 is 10.5. The lowest BCUT2D eigenvalue weighted by atomic mass is 9.90. The van der Waals surface area contributed by atoms with Crippen LogP contribution in [-0.4, -0.2) is 30.6 Å². The van der Waals surface area contributed by atoms with Gasteiger partial charge in [0, 0.05) is 23.1 Å². The Kier molecular flexibility index (Phi) is 8.33. The average molecular weight is 451 g/mol. The molecule has 0 bridgehead atoms. The van der Waals surface area contributed by atoms with E-state index < -0.39 is 5.97 Å². The van der Waals surface area contributed by atoms with Crippen LogP contribution in [0.5, 0.6) is 11.5 Å². The van der Waals surface area contributed by atoms with E-state index in [-0.39, 0.29) is 40.7 Å². The number of carbonyl (C=O) groups is 2. The maximum absolute atomic E-state index is 13.1. The Morgan fingerprint density at radius 2 is 1.87 bits per heavy atom. The van der Waals surface area contributed by atoms with Crippen LogP contribution in [0.25, 0.3) is 0 Å². The Morgan fingerprint density at radius 3 is 2.43 bits per heavy atom. The molecular weight excluding hydrogens is 427 g/mol. The number of ether oxygens (including phenoxy) is 2. The van der Waals surface area contributed by atoms with Crippen molar-refractivity contribution >= 4 is 35.0 Å². The van der Waals surface area contributed by atoms with E-state index in [1.54, 1.807) is 13.0 Å². The predicted molar refractivity (Wildman–Crippen MR) is 118 cm³/mol. The van der Waals surface area contributed by atoms with Crippen LogP contribution < -0.4 is 4.74 Å². The number of allylic oxidation sites excluding steroid dienone is 1. The summed E-state index contributed by atoms with van der Waals surface area (Å²) in [6.45, 7) is 7.59. The summed E-state index contributed by atoms with van der Waals surface area (Å²) in [6, 6.07) is 5.94. The molecule has 0 atom stereocenters. The maximum Gasteiger partial charge on any atom is 0.342 e. The maximum atomic E-state index is 13.1. The number of carbonyl (C=O) groups excluding carboxylic acids is 2. The fraction of sp³-hybridized carbons (Fsp3) is 0.304. The number of benzene rings is 2. The highest BCUT2D eigenvalue weighted by Crippen LogP contribution is 2.36. The van der Waals surface area contributed by atoms with Crippen molar-refractivity contribution in [3.8, 4) is 11.5 Å². The van der Waals surface area contributed by atoms with Crippen molar-refractivity contribution in [1.29, 1.82) is 0 Å². The number of rotatable bonds is 9. The van der Waals surface area contributed by atoms with Gasteiger partial charge in [-0.3, -0.25) is 4.79 Å². The molecule has 0 radical (unpaired) electrons. The average Bonchev–Trinajstić information content (AvgIpc) is 2.66. The number of ketones is 1. The summed E-state index contributed by atoms with van der Waals surface area (Å²) in [5.74, 6) is -0.966. The number of methoxy groups -OCH3 is 1. The first kappa shape index (κ1) is 23.8. The van der Waals surface area contributed by atoms with E-state index in [1.807, 2.05) is 6.92 Å². The minimum Gasteiger partial charge on any atom is -0.507 e. The summed E-state index contributed by atoms with van der Waals surface area (Å²) in [7, 11) is 1.46. The van der Waals surface area contributed by atoms with E-state index in [1.165, 1.54) is 25.3 Å². The summed E-state index contributed by atoms with van der Waals surface area (Å²) in [5.41, 5.74) is 2.14. The molecule has 0 aromatic heterocycles. The molecule has 160 valence electrons. The van der Waals surface area contributed by atoms with E-state index in [0.29, 0.717) is 34.7 Å². The zero-order chi connectivity index (χ0) is 22.4. The standard InChI is InChI=1S/C23H24Cl2O5/c1-5-30-23(28)22-17(11-19(26)16-9-7-14(24)10-18(16)25)15(8-6-13(2)3)21(29-4)12-20(22)27/h7,9-10,12,27H,2,5-6,8,11H2,1,3-4H3. The van der Waals surface area contributed by atoms with Crippen LogP contribution in [0.1, 0.15) is 52.1 Å². The Balaban J connectivity index is 2.64. The molecule has 0 heterocycles. The van der Waals surface area contributed by atoms with Crippen LogP contribution in [0, 0.1) is 0 Å². The Morgan fingerprint density at radius 1 is 1.17 bits per heavy atom. The fourth-order valence-electron chi connectivity index (χ4n) is 3.13. The SMILES string of the molecule is C=C(C)CCc1c(OC)cc(O)c(C(=O)OCC)c1CC(=O)c1ccc(Cl)cc1Cl. The van der Waals surface area contributed by atoms with Gasteiger partial charge in [0.1, 0.15) is 17.1 Å². The third-order valence-corrected chi connectivity index (χ3v) is 5.11. The van der Waals surface area contributed by atoms with Crippen molar-refractivity contribution in [2.45, 2.75) is 33.1 Å². The smallest absolute Gasteiger partial charge is 0.342 e. The molecule has 0 spiro atoms. The van der Waals surface area contributed by atoms with Crippen molar-refractivity contribution in [3.05, 3.63) is 68.7 Å². The molecule has 30 heavy (non-hydrogen) atoms. The van der Waals surface area contributed by atoms with Gasteiger partial charge in [-0.05, 0) is 56.0 Å². The van der Waals surface area contributed by atoms with Crippen LogP contribution in [-0.2, 0) is 17.6 Å². The minimum absolute atomic E-state index is 0.0483. The molecule has 0 saturated heterocycles. The molecule has 5 nitrogen and oxygen atoms in total. The van der Waals surface area contributed by atoms with Crippen LogP contribution in [0.4, 0.5) is 0 Å². The van der Waals surface area contributed by atoms with Crippen molar-refractivity contribution in [2.75, 3.05) is 13.7 Å². The third-order valence-electron chi connectivity index (χ3n) is 4.56. The summed E-state index contributed by atoms with van der Waals surface area (Å²) in [5, 5.41) is 11.1. The van der Waals surface area contributed by atoms with E-state index in [2.05, 4.69) is 6.58 Å². The van der Waals surface area contributed by atoms with E-state index in [9.17, 15) is 14.7 Å². The highest BCUT2D eigenvalue weighted by atomic mass is 35.5. The van der Waals surface area contributed by atoms with Crippen molar-refractivity contribution in [3.63, 3.8) is 0 Å². The zero-order valence-corrected chi connectivity index (χ0v) is 18.7. The lowest BCUT2D eigenvalue weighted by Crippen LogP contribution is -2.16. The van der Waals surface area contributed by atoms with Crippen molar-refractivity contribution in [1.82, 2.24) is 0 Å². The molecule has 0 unspecified atom stereocenters. The topological polar surface area (TPSA) is 72.8 Å². The Labute approximate surface area is 186 Å². The number of esters is 1. The first-order chi connectivity index (χ1) is 14.2. The molecule has 1 N–H and O–H groups in total. The number of hydrogen-bond donors (Lipinski definition) is 1. The van der Waals surface area contributed by atoms with Gasteiger partial charge in [0.15, 0.2) is 5.78 Å². The highest BCUT2D eigenvalue weighted by molar-refractivity contribution is 6.36. The van der Waals surface area contributed by atoms with Gasteiger partial charge in [-0.1, -0.05) is 28.8 Å². The Bertz CT molecular complexity index is 982. The summed E-state index contributed by atoms with van der Waals surface area (Å²) in [4.78, 5) is 25.7. The van der Waals surface area contributed by atoms with Gasteiger partial charge >= 0.3 is 5.97 Å². The molecule has 0 aliphatic rings. The minimum atomic E-state index is -0.709. The van der Waals surface area contributed by atoms with Gasteiger partial charge in [-0.25, -0.2) is 4.79 Å². The molecule has 2 aromatic carbocycles. The second-order valence-electron chi connectivity index (χ2n) is 6.83. The normalized spacial score (nSPS) is 10.6. The van der Waals surface area contributed by atoms with Gasteiger partial charge in [0.05, 0.1) is 18.7 Å².